The first-order chi connectivity index (χ1) is 8.76. The number of carbonyl (C=O) groups is 2. The van der Waals surface area contributed by atoms with Gasteiger partial charge < -0.3 is 9.47 Å². The van der Waals surface area contributed by atoms with Crippen molar-refractivity contribution in [3.8, 4) is 0 Å². The highest BCUT2D eigenvalue weighted by Crippen LogP contribution is 2.41. The fourth-order valence-corrected chi connectivity index (χ4v) is 1.35. The molecule has 0 rings (SSSR count). The van der Waals surface area contributed by atoms with E-state index in [4.69, 9.17) is 0 Å². The minimum Gasteiger partial charge on any atom is -0.468 e. The van der Waals surface area contributed by atoms with Gasteiger partial charge in [0, 0.05) is 0 Å². The zero-order valence-electron chi connectivity index (χ0n) is 11.3. The molecule has 9 heteroatoms. The summed E-state index contributed by atoms with van der Waals surface area (Å²) in [5.41, 5.74) is -5.06. The Balaban J connectivity index is 5.75. The molecule has 0 bridgehead atoms. The fraction of sp³-hybridized carbons (Fsp3) is 0.818. The highest BCUT2D eigenvalue weighted by Gasteiger charge is 2.62. The van der Waals surface area contributed by atoms with E-state index in [-0.39, 0.29) is 0 Å². The maximum absolute atomic E-state index is 13.0. The average molecular weight is 306 g/mol. The molecule has 1 atom stereocenters. The molecule has 4 nitrogen and oxygen atoms in total. The quantitative estimate of drug-likeness (QED) is 0.455. The van der Waals surface area contributed by atoms with Gasteiger partial charge in [-0.3, -0.25) is 9.59 Å². The third-order valence-electron chi connectivity index (χ3n) is 2.16. The predicted octanol–water partition coefficient (Wildman–Crippen LogP) is 2.71. The summed E-state index contributed by atoms with van der Waals surface area (Å²) in [5.74, 6) is -3.96. The second kappa shape index (κ2) is 5.92. The Kier molecular flexibility index (Phi) is 5.51. The van der Waals surface area contributed by atoms with Crippen LogP contribution in [0.4, 0.5) is 22.0 Å². The second-order valence-electron chi connectivity index (χ2n) is 5.06. The predicted molar refractivity (Wildman–Crippen MR) is 57.0 cm³/mol. The summed E-state index contributed by atoms with van der Waals surface area (Å²) in [4.78, 5) is 23.1. The van der Waals surface area contributed by atoms with Crippen LogP contribution in [0, 0.1) is 5.41 Å². The molecule has 0 aliphatic rings. The van der Waals surface area contributed by atoms with E-state index in [0.717, 1.165) is 0 Å². The van der Waals surface area contributed by atoms with Crippen LogP contribution in [0.25, 0.3) is 0 Å². The van der Waals surface area contributed by atoms with E-state index in [1.54, 1.807) is 0 Å². The van der Waals surface area contributed by atoms with Crippen LogP contribution < -0.4 is 0 Å². The number of esters is 2. The number of methoxy groups -OCH3 is 1. The van der Waals surface area contributed by atoms with E-state index in [0.29, 0.717) is 7.11 Å². The third kappa shape index (κ3) is 4.61. The summed E-state index contributed by atoms with van der Waals surface area (Å²) in [6.45, 7) is 3.81. The summed E-state index contributed by atoms with van der Waals surface area (Å²) in [5, 5.41) is 0. The Hall–Kier alpha value is -1.41. The number of alkyl halides is 5. The van der Waals surface area contributed by atoms with Gasteiger partial charge in [0.2, 0.25) is 5.41 Å². The molecule has 0 heterocycles. The van der Waals surface area contributed by atoms with Crippen molar-refractivity contribution in [2.75, 3.05) is 7.11 Å². The summed E-state index contributed by atoms with van der Waals surface area (Å²) in [6.07, 6.45) is -11.5. The number of hydrogen-bond acceptors (Lipinski definition) is 4. The van der Waals surface area contributed by atoms with Gasteiger partial charge in [0.05, 0.1) is 13.5 Å². The van der Waals surface area contributed by atoms with Crippen LogP contribution in [0.3, 0.4) is 0 Å². The van der Waals surface area contributed by atoms with Crippen molar-refractivity contribution in [3.05, 3.63) is 0 Å². The molecule has 0 aliphatic heterocycles. The molecule has 0 amide bonds. The largest absolute Gasteiger partial charge is 0.468 e. The molecule has 0 aromatic heterocycles. The van der Waals surface area contributed by atoms with Crippen molar-refractivity contribution >= 4 is 11.9 Å². The van der Waals surface area contributed by atoms with Crippen molar-refractivity contribution in [1.82, 2.24) is 0 Å². The molecule has 0 aromatic rings. The Morgan fingerprint density at radius 1 is 1.05 bits per heavy atom. The Bertz CT molecular complexity index is 372. The van der Waals surface area contributed by atoms with Crippen molar-refractivity contribution < 1.29 is 41.0 Å². The molecule has 0 saturated heterocycles. The summed E-state index contributed by atoms with van der Waals surface area (Å²) >= 11 is 0. The lowest BCUT2D eigenvalue weighted by atomic mass is 9.84. The van der Waals surface area contributed by atoms with Crippen LogP contribution in [-0.4, -0.2) is 37.3 Å². The Morgan fingerprint density at radius 2 is 1.50 bits per heavy atom. The molecule has 0 fully saturated rings. The first kappa shape index (κ1) is 18.6. The van der Waals surface area contributed by atoms with E-state index in [1.165, 1.54) is 20.8 Å². The van der Waals surface area contributed by atoms with Gasteiger partial charge in [-0.15, -0.1) is 0 Å². The highest BCUT2D eigenvalue weighted by atomic mass is 19.4. The fourth-order valence-electron chi connectivity index (χ4n) is 1.35. The van der Waals surface area contributed by atoms with Gasteiger partial charge in [-0.25, -0.2) is 8.78 Å². The van der Waals surface area contributed by atoms with E-state index in [2.05, 4.69) is 9.47 Å². The molecule has 0 radical (unpaired) electrons. The van der Waals surface area contributed by atoms with Crippen molar-refractivity contribution in [1.29, 1.82) is 0 Å². The monoisotopic (exact) mass is 306 g/mol. The maximum atomic E-state index is 13.0. The maximum Gasteiger partial charge on any atom is 0.391 e. The highest BCUT2D eigenvalue weighted by molar-refractivity contribution is 6.00. The molecule has 118 valence electrons. The number of ether oxygens (including phenoxy) is 2. The van der Waals surface area contributed by atoms with Gasteiger partial charge in [-0.2, -0.15) is 13.2 Å². The molecular weight excluding hydrogens is 291 g/mol. The lowest BCUT2D eigenvalue weighted by Crippen LogP contribution is -2.51. The van der Waals surface area contributed by atoms with Gasteiger partial charge in [0.15, 0.2) is 0 Å². The zero-order chi connectivity index (χ0) is 16.4. The first-order valence-corrected chi connectivity index (χ1v) is 5.43. The van der Waals surface area contributed by atoms with Gasteiger partial charge >= 0.3 is 18.1 Å². The SMILES string of the molecule is COC(=O)C(CC(F)(F)F)(C(=O)OC(C)(C)C)C(F)F. The molecule has 0 spiro atoms. The number of rotatable bonds is 4. The number of halogens is 5. The molecule has 0 aliphatic carbocycles. The Labute approximate surface area is 112 Å². The lowest BCUT2D eigenvalue weighted by molar-refractivity contribution is -0.216. The smallest absolute Gasteiger partial charge is 0.391 e. The standard InChI is InChI=1S/C11H15F5O4/c1-9(2,3)20-8(18)10(6(12)13,7(17)19-4)5-11(14,15)16/h6H,5H2,1-4H3. The van der Waals surface area contributed by atoms with E-state index in [1.807, 2.05) is 0 Å². The third-order valence-corrected chi connectivity index (χ3v) is 2.16. The number of carbonyl (C=O) groups excluding carboxylic acids is 2. The second-order valence-corrected chi connectivity index (χ2v) is 5.06. The van der Waals surface area contributed by atoms with Gasteiger partial charge in [0.1, 0.15) is 5.60 Å². The van der Waals surface area contributed by atoms with E-state index < -0.39 is 42.0 Å². The summed E-state index contributed by atoms with van der Waals surface area (Å²) < 4.78 is 71.9. The minimum absolute atomic E-state index is 0.611. The molecular formula is C11H15F5O4. The molecule has 0 aromatic carbocycles. The molecule has 0 saturated carbocycles. The van der Waals surface area contributed by atoms with Gasteiger partial charge in [-0.05, 0) is 20.8 Å². The Morgan fingerprint density at radius 3 is 1.75 bits per heavy atom. The number of hydrogen-bond donors (Lipinski definition) is 0. The molecule has 0 N–H and O–H groups in total. The average Bonchev–Trinajstić information content (AvgIpc) is 2.20. The van der Waals surface area contributed by atoms with Crippen molar-refractivity contribution in [3.63, 3.8) is 0 Å². The van der Waals surface area contributed by atoms with Crippen LogP contribution in [0.15, 0.2) is 0 Å². The van der Waals surface area contributed by atoms with Crippen molar-refractivity contribution in [2.45, 2.75) is 45.4 Å². The van der Waals surface area contributed by atoms with E-state index in [9.17, 15) is 31.5 Å². The van der Waals surface area contributed by atoms with Crippen LogP contribution in [0.1, 0.15) is 27.2 Å². The molecule has 20 heavy (non-hydrogen) atoms. The zero-order valence-corrected chi connectivity index (χ0v) is 11.3. The summed E-state index contributed by atoms with van der Waals surface area (Å²) in [7, 11) is 0.611. The topological polar surface area (TPSA) is 52.6 Å². The van der Waals surface area contributed by atoms with Gasteiger partial charge in [-0.1, -0.05) is 0 Å². The van der Waals surface area contributed by atoms with Crippen LogP contribution >= 0.6 is 0 Å². The van der Waals surface area contributed by atoms with Gasteiger partial charge in [0.25, 0.3) is 6.43 Å². The van der Waals surface area contributed by atoms with Crippen molar-refractivity contribution in [2.24, 2.45) is 5.41 Å². The first-order valence-electron chi connectivity index (χ1n) is 5.43. The van der Waals surface area contributed by atoms with Crippen LogP contribution in [0.2, 0.25) is 0 Å². The summed E-state index contributed by atoms with van der Waals surface area (Å²) in [6, 6.07) is 0. The normalized spacial score (nSPS) is 15.7. The lowest BCUT2D eigenvalue weighted by Gasteiger charge is -2.31. The van der Waals surface area contributed by atoms with Crippen LogP contribution in [0.5, 0.6) is 0 Å². The van der Waals surface area contributed by atoms with E-state index >= 15 is 0 Å². The minimum atomic E-state index is -5.18. The van der Waals surface area contributed by atoms with Crippen LogP contribution in [-0.2, 0) is 19.1 Å². The molecule has 1 unspecified atom stereocenters.